The van der Waals surface area contributed by atoms with Crippen LogP contribution in [0.15, 0.2) is 24.3 Å². The quantitative estimate of drug-likeness (QED) is 0.893. The van der Waals surface area contributed by atoms with Gasteiger partial charge in [0.15, 0.2) is 0 Å². The Balaban J connectivity index is 1.90. The predicted octanol–water partition coefficient (Wildman–Crippen LogP) is 1.21. The molecule has 1 aliphatic heterocycles. The van der Waals surface area contributed by atoms with Crippen LogP contribution in [0.4, 0.5) is 10.1 Å². The van der Waals surface area contributed by atoms with E-state index < -0.39 is 0 Å². The number of hydrogen-bond acceptors (Lipinski definition) is 3. The van der Waals surface area contributed by atoms with Gasteiger partial charge < -0.3 is 10.6 Å². The number of likely N-dealkylation sites (tertiary alicyclic amines) is 1. The molecule has 1 fully saturated rings. The van der Waals surface area contributed by atoms with E-state index in [4.69, 9.17) is 5.73 Å². The van der Waals surface area contributed by atoms with Crippen molar-refractivity contribution in [3.63, 3.8) is 0 Å². The van der Waals surface area contributed by atoms with Crippen molar-refractivity contribution in [2.45, 2.75) is 18.9 Å². The lowest BCUT2D eigenvalue weighted by Gasteiger charge is -2.30. The highest BCUT2D eigenvalue weighted by Gasteiger charge is 2.20. The summed E-state index contributed by atoms with van der Waals surface area (Å²) in [6.07, 6.45) is 1.88. The lowest BCUT2D eigenvalue weighted by molar-refractivity contribution is -0.119. The third-order valence-corrected chi connectivity index (χ3v) is 3.58. The van der Waals surface area contributed by atoms with Gasteiger partial charge in [-0.25, -0.2) is 4.39 Å². The average Bonchev–Trinajstić information content (AvgIpc) is 2.41. The van der Waals surface area contributed by atoms with E-state index in [1.807, 2.05) is 0 Å². The van der Waals surface area contributed by atoms with E-state index in [0.29, 0.717) is 12.2 Å². The Morgan fingerprint density at radius 1 is 1.37 bits per heavy atom. The fourth-order valence-corrected chi connectivity index (χ4v) is 2.22. The zero-order valence-electron chi connectivity index (χ0n) is 11.2. The number of rotatable bonds is 3. The van der Waals surface area contributed by atoms with Gasteiger partial charge in [-0.2, -0.15) is 0 Å². The monoisotopic (exact) mass is 265 g/mol. The number of benzene rings is 1. The van der Waals surface area contributed by atoms with Crippen molar-refractivity contribution < 1.29 is 9.18 Å². The normalized spacial score (nSPS) is 17.4. The number of likely N-dealkylation sites (N-methyl/N-ethyl adjacent to an activating group) is 1. The lowest BCUT2D eigenvalue weighted by Crippen LogP contribution is -2.45. The Hall–Kier alpha value is -1.46. The molecule has 5 heteroatoms. The van der Waals surface area contributed by atoms with Gasteiger partial charge in [0.25, 0.3) is 0 Å². The topological polar surface area (TPSA) is 49.6 Å². The van der Waals surface area contributed by atoms with E-state index in [0.717, 1.165) is 25.9 Å². The standard InChI is InChI=1S/C14H20FN3O/c1-17(13-4-2-11(15)3-5-13)14(19)10-18-8-6-12(16)7-9-18/h2-5,12H,6-10,16H2,1H3. The summed E-state index contributed by atoms with van der Waals surface area (Å²) in [6, 6.07) is 6.21. The molecule has 0 aliphatic carbocycles. The second-order valence-corrected chi connectivity index (χ2v) is 5.04. The van der Waals surface area contributed by atoms with Crippen LogP contribution in [-0.2, 0) is 4.79 Å². The van der Waals surface area contributed by atoms with Gasteiger partial charge in [0, 0.05) is 31.9 Å². The van der Waals surface area contributed by atoms with Gasteiger partial charge in [-0.15, -0.1) is 0 Å². The smallest absolute Gasteiger partial charge is 0.240 e. The van der Waals surface area contributed by atoms with Crippen molar-refractivity contribution in [1.82, 2.24) is 4.90 Å². The molecule has 0 aromatic heterocycles. The molecule has 1 aliphatic rings. The summed E-state index contributed by atoms with van der Waals surface area (Å²) in [5.74, 6) is -0.281. The van der Waals surface area contributed by atoms with Crippen LogP contribution in [0.1, 0.15) is 12.8 Å². The third kappa shape index (κ3) is 3.75. The largest absolute Gasteiger partial charge is 0.328 e. The molecule has 1 heterocycles. The highest BCUT2D eigenvalue weighted by atomic mass is 19.1. The van der Waals surface area contributed by atoms with Crippen LogP contribution in [-0.4, -0.2) is 43.5 Å². The number of piperidine rings is 1. The lowest BCUT2D eigenvalue weighted by atomic mass is 10.1. The molecule has 1 aromatic carbocycles. The van der Waals surface area contributed by atoms with Crippen molar-refractivity contribution in [1.29, 1.82) is 0 Å². The Kier molecular flexibility index (Phi) is 4.50. The maximum absolute atomic E-state index is 12.8. The van der Waals surface area contributed by atoms with Crippen LogP contribution < -0.4 is 10.6 Å². The summed E-state index contributed by atoms with van der Waals surface area (Å²) in [6.45, 7) is 2.12. The van der Waals surface area contributed by atoms with Gasteiger partial charge in [0.2, 0.25) is 5.91 Å². The number of carbonyl (C=O) groups excluding carboxylic acids is 1. The first-order valence-corrected chi connectivity index (χ1v) is 6.56. The Bertz CT molecular complexity index is 427. The zero-order valence-corrected chi connectivity index (χ0v) is 11.2. The number of amides is 1. The fraction of sp³-hybridized carbons (Fsp3) is 0.500. The SMILES string of the molecule is CN(C(=O)CN1CCC(N)CC1)c1ccc(F)cc1. The van der Waals surface area contributed by atoms with E-state index in [-0.39, 0.29) is 17.8 Å². The molecule has 0 saturated carbocycles. The van der Waals surface area contributed by atoms with Crippen LogP contribution in [0.3, 0.4) is 0 Å². The van der Waals surface area contributed by atoms with Crippen LogP contribution in [0.25, 0.3) is 0 Å². The highest BCUT2D eigenvalue weighted by Crippen LogP contribution is 2.14. The summed E-state index contributed by atoms with van der Waals surface area (Å²) in [4.78, 5) is 15.8. The average molecular weight is 265 g/mol. The van der Waals surface area contributed by atoms with Crippen molar-refractivity contribution in [2.75, 3.05) is 31.6 Å². The summed E-state index contributed by atoms with van der Waals surface area (Å²) in [5.41, 5.74) is 6.54. The number of anilines is 1. The molecule has 0 unspecified atom stereocenters. The van der Waals surface area contributed by atoms with Crippen molar-refractivity contribution in [3.8, 4) is 0 Å². The molecule has 2 N–H and O–H groups in total. The summed E-state index contributed by atoms with van der Waals surface area (Å²) < 4.78 is 12.8. The second kappa shape index (κ2) is 6.12. The fourth-order valence-electron chi connectivity index (χ4n) is 2.22. The number of halogens is 1. The van der Waals surface area contributed by atoms with Crippen molar-refractivity contribution >= 4 is 11.6 Å². The maximum atomic E-state index is 12.8. The summed E-state index contributed by atoms with van der Waals surface area (Å²) in [5, 5.41) is 0. The number of carbonyl (C=O) groups is 1. The number of nitrogens with two attached hydrogens (primary N) is 1. The molecule has 1 aromatic rings. The van der Waals surface area contributed by atoms with Crippen molar-refractivity contribution in [2.24, 2.45) is 5.73 Å². The molecule has 1 saturated heterocycles. The van der Waals surface area contributed by atoms with E-state index in [2.05, 4.69) is 4.90 Å². The minimum atomic E-state index is -0.297. The Morgan fingerprint density at radius 2 is 1.95 bits per heavy atom. The van der Waals surface area contributed by atoms with Crippen LogP contribution in [0.5, 0.6) is 0 Å². The minimum absolute atomic E-state index is 0.0158. The first-order chi connectivity index (χ1) is 9.06. The highest BCUT2D eigenvalue weighted by molar-refractivity contribution is 5.94. The van der Waals surface area contributed by atoms with Crippen molar-refractivity contribution in [3.05, 3.63) is 30.1 Å². The molecular formula is C14H20FN3O. The molecule has 0 spiro atoms. The molecule has 0 radical (unpaired) electrons. The van der Waals surface area contributed by atoms with Gasteiger partial charge in [-0.3, -0.25) is 9.69 Å². The molecule has 0 bridgehead atoms. The second-order valence-electron chi connectivity index (χ2n) is 5.04. The predicted molar refractivity (Wildman–Crippen MR) is 73.5 cm³/mol. The minimum Gasteiger partial charge on any atom is -0.328 e. The zero-order chi connectivity index (χ0) is 13.8. The van der Waals surface area contributed by atoms with Gasteiger partial charge >= 0.3 is 0 Å². The molecule has 2 rings (SSSR count). The van der Waals surface area contributed by atoms with E-state index >= 15 is 0 Å². The molecule has 4 nitrogen and oxygen atoms in total. The van der Waals surface area contributed by atoms with Gasteiger partial charge in [-0.05, 0) is 37.1 Å². The van der Waals surface area contributed by atoms with Gasteiger partial charge in [0.05, 0.1) is 6.54 Å². The first-order valence-electron chi connectivity index (χ1n) is 6.56. The molecule has 19 heavy (non-hydrogen) atoms. The van der Waals surface area contributed by atoms with E-state index in [9.17, 15) is 9.18 Å². The molecule has 1 amide bonds. The molecule has 0 atom stereocenters. The van der Waals surface area contributed by atoms with Crippen LogP contribution >= 0.6 is 0 Å². The number of hydrogen-bond donors (Lipinski definition) is 1. The third-order valence-electron chi connectivity index (χ3n) is 3.58. The van der Waals surface area contributed by atoms with E-state index in [1.54, 1.807) is 24.1 Å². The summed E-state index contributed by atoms with van der Waals surface area (Å²) >= 11 is 0. The summed E-state index contributed by atoms with van der Waals surface area (Å²) in [7, 11) is 1.71. The van der Waals surface area contributed by atoms with Crippen LogP contribution in [0, 0.1) is 5.82 Å². The molecular weight excluding hydrogens is 245 g/mol. The van der Waals surface area contributed by atoms with Gasteiger partial charge in [-0.1, -0.05) is 0 Å². The molecule has 104 valence electrons. The number of nitrogens with zero attached hydrogens (tertiary/aromatic N) is 2. The Morgan fingerprint density at radius 3 is 2.53 bits per heavy atom. The Labute approximate surface area is 113 Å². The van der Waals surface area contributed by atoms with E-state index in [1.165, 1.54) is 12.1 Å². The van der Waals surface area contributed by atoms with Crippen LogP contribution in [0.2, 0.25) is 0 Å². The first kappa shape index (κ1) is 14.0. The van der Waals surface area contributed by atoms with Gasteiger partial charge in [0.1, 0.15) is 5.82 Å². The maximum Gasteiger partial charge on any atom is 0.240 e.